The summed E-state index contributed by atoms with van der Waals surface area (Å²) in [6.07, 6.45) is 4.25. The number of nitrogens with zero attached hydrogens (tertiary/aromatic N) is 2. The van der Waals surface area contributed by atoms with E-state index in [1.807, 2.05) is 13.0 Å². The largest absolute Gasteiger partial charge is 0.378 e. The lowest BCUT2D eigenvalue weighted by Gasteiger charge is -2.30. The fraction of sp³-hybridized carbons (Fsp3) is 0.778. The lowest BCUT2D eigenvalue weighted by atomic mass is 9.94. The van der Waals surface area contributed by atoms with Crippen LogP contribution in [-0.2, 0) is 27.6 Å². The van der Waals surface area contributed by atoms with Crippen LogP contribution in [-0.4, -0.2) is 38.3 Å². The number of hydrogen-bond donors (Lipinski definition) is 1. The Morgan fingerprint density at radius 3 is 2.71 bits per heavy atom. The number of aromatic nitrogens is 2. The molecule has 1 saturated carbocycles. The van der Waals surface area contributed by atoms with Crippen molar-refractivity contribution in [3.8, 4) is 0 Å². The molecule has 0 aromatic carbocycles. The topological polar surface area (TPSA) is 64.1 Å². The van der Waals surface area contributed by atoms with E-state index in [9.17, 15) is 4.21 Å². The van der Waals surface area contributed by atoms with Gasteiger partial charge in [0.05, 0.1) is 12.3 Å². The third kappa shape index (κ3) is 5.24. The Morgan fingerprint density at radius 2 is 2.08 bits per heavy atom. The minimum Gasteiger partial charge on any atom is -0.378 e. The average Bonchev–Trinajstić information content (AvgIpc) is 2.53. The van der Waals surface area contributed by atoms with Crippen molar-refractivity contribution in [1.82, 2.24) is 9.97 Å². The second-order valence-electron chi connectivity index (χ2n) is 7.55. The van der Waals surface area contributed by atoms with Gasteiger partial charge in [0.25, 0.3) is 0 Å². The summed E-state index contributed by atoms with van der Waals surface area (Å²) in [4.78, 5) is 9.34. The first-order valence-corrected chi connectivity index (χ1v) is 10.2. The van der Waals surface area contributed by atoms with Crippen molar-refractivity contribution < 1.29 is 8.95 Å². The first-order valence-electron chi connectivity index (χ1n) is 8.84. The molecular weight excluding hydrogens is 322 g/mol. The normalized spacial score (nSPS) is 23.0. The monoisotopic (exact) mass is 353 g/mol. The van der Waals surface area contributed by atoms with Crippen molar-refractivity contribution in [2.24, 2.45) is 0 Å². The molecule has 1 aromatic rings. The molecule has 1 fully saturated rings. The minimum absolute atomic E-state index is 0.112. The number of ether oxygens (including phenoxy) is 1. The summed E-state index contributed by atoms with van der Waals surface area (Å²) in [5.74, 6) is 2.43. The molecule has 1 N–H and O–H groups in total. The van der Waals surface area contributed by atoms with Gasteiger partial charge >= 0.3 is 0 Å². The van der Waals surface area contributed by atoms with Crippen LogP contribution in [0.4, 0.5) is 5.82 Å². The Balaban J connectivity index is 2.16. The van der Waals surface area contributed by atoms with Crippen molar-refractivity contribution >= 4 is 16.6 Å². The first-order chi connectivity index (χ1) is 11.3. The van der Waals surface area contributed by atoms with Gasteiger partial charge in [-0.05, 0) is 19.3 Å². The van der Waals surface area contributed by atoms with Gasteiger partial charge in [-0.15, -0.1) is 0 Å². The quantitative estimate of drug-likeness (QED) is 0.849. The Morgan fingerprint density at radius 1 is 1.33 bits per heavy atom. The van der Waals surface area contributed by atoms with Gasteiger partial charge in [-0.2, -0.15) is 0 Å². The highest BCUT2D eigenvalue weighted by Crippen LogP contribution is 2.26. The van der Waals surface area contributed by atoms with Gasteiger partial charge in [0.15, 0.2) is 0 Å². The highest BCUT2D eigenvalue weighted by atomic mass is 32.2. The molecule has 6 heteroatoms. The molecule has 1 aliphatic rings. The van der Waals surface area contributed by atoms with E-state index in [4.69, 9.17) is 9.72 Å². The molecule has 0 saturated heterocycles. The van der Waals surface area contributed by atoms with E-state index in [1.165, 1.54) is 0 Å². The van der Waals surface area contributed by atoms with Gasteiger partial charge in [-0.1, -0.05) is 34.1 Å². The summed E-state index contributed by atoms with van der Waals surface area (Å²) in [6.45, 7) is 8.83. The fourth-order valence-electron chi connectivity index (χ4n) is 3.09. The summed E-state index contributed by atoms with van der Waals surface area (Å²) in [6, 6.07) is 2.30. The van der Waals surface area contributed by atoms with Crippen molar-refractivity contribution in [3.05, 3.63) is 17.6 Å². The Kier molecular flexibility index (Phi) is 6.75. The van der Waals surface area contributed by atoms with Crippen LogP contribution in [0.3, 0.4) is 0 Å². The minimum atomic E-state index is -0.711. The molecule has 0 radical (unpaired) electrons. The molecule has 2 rings (SSSR count). The Bertz CT molecular complexity index is 572. The van der Waals surface area contributed by atoms with Crippen LogP contribution in [0.5, 0.6) is 0 Å². The number of nitrogens with one attached hydrogen (secondary N) is 1. The number of rotatable bonds is 6. The molecule has 1 aromatic heterocycles. The first kappa shape index (κ1) is 19.3. The predicted octanol–water partition coefficient (Wildman–Crippen LogP) is 3.41. The zero-order chi connectivity index (χ0) is 17.7. The summed E-state index contributed by atoms with van der Waals surface area (Å²) >= 11 is 0. The molecule has 0 spiro atoms. The maximum absolute atomic E-state index is 12.1. The summed E-state index contributed by atoms with van der Waals surface area (Å²) < 4.78 is 17.4. The SMILES string of the molecule is CCS(=O)C1CCCC(Nc2cc(COC)nc(C(C)(C)C)n2)C1. The van der Waals surface area contributed by atoms with E-state index in [-0.39, 0.29) is 5.41 Å². The molecule has 1 heterocycles. The van der Waals surface area contributed by atoms with Gasteiger partial charge in [-0.3, -0.25) is 4.21 Å². The zero-order valence-electron chi connectivity index (χ0n) is 15.6. The van der Waals surface area contributed by atoms with E-state index in [0.717, 1.165) is 48.8 Å². The van der Waals surface area contributed by atoms with Crippen LogP contribution >= 0.6 is 0 Å². The standard InChI is InChI=1S/C18H31N3O2S/c1-6-24(22)15-9-7-8-13(10-15)19-16-11-14(12-23-5)20-17(21-16)18(2,3)4/h11,13,15H,6-10,12H2,1-5H3,(H,19,20,21). The number of methoxy groups -OCH3 is 1. The van der Waals surface area contributed by atoms with E-state index in [1.54, 1.807) is 7.11 Å². The van der Waals surface area contributed by atoms with Gasteiger partial charge in [-0.25, -0.2) is 9.97 Å². The maximum Gasteiger partial charge on any atom is 0.136 e. The smallest absolute Gasteiger partial charge is 0.136 e. The summed E-state index contributed by atoms with van der Waals surface area (Å²) in [5, 5.41) is 3.87. The van der Waals surface area contributed by atoms with Crippen LogP contribution < -0.4 is 5.32 Å². The van der Waals surface area contributed by atoms with Crippen molar-refractivity contribution in [3.63, 3.8) is 0 Å². The van der Waals surface area contributed by atoms with Gasteiger partial charge < -0.3 is 10.1 Å². The average molecular weight is 354 g/mol. The predicted molar refractivity (Wildman–Crippen MR) is 99.8 cm³/mol. The highest BCUT2D eigenvalue weighted by molar-refractivity contribution is 7.85. The van der Waals surface area contributed by atoms with E-state index in [0.29, 0.717) is 17.9 Å². The van der Waals surface area contributed by atoms with Crippen LogP contribution in [0, 0.1) is 0 Å². The van der Waals surface area contributed by atoms with Crippen LogP contribution in [0.1, 0.15) is 64.9 Å². The molecule has 3 unspecified atom stereocenters. The van der Waals surface area contributed by atoms with Crippen molar-refractivity contribution in [2.45, 2.75) is 76.7 Å². The highest BCUT2D eigenvalue weighted by Gasteiger charge is 2.26. The van der Waals surface area contributed by atoms with Crippen molar-refractivity contribution in [1.29, 1.82) is 0 Å². The molecule has 5 nitrogen and oxygen atoms in total. The van der Waals surface area contributed by atoms with Crippen LogP contribution in [0.2, 0.25) is 0 Å². The van der Waals surface area contributed by atoms with Crippen LogP contribution in [0.15, 0.2) is 6.07 Å². The molecule has 3 atom stereocenters. The lowest BCUT2D eigenvalue weighted by molar-refractivity contribution is 0.181. The molecule has 0 bridgehead atoms. The lowest BCUT2D eigenvalue weighted by Crippen LogP contribution is -2.33. The van der Waals surface area contributed by atoms with E-state index < -0.39 is 10.8 Å². The molecule has 1 aliphatic carbocycles. The fourth-order valence-corrected chi connectivity index (χ4v) is 4.44. The Hall–Kier alpha value is -1.01. The number of anilines is 1. The summed E-state index contributed by atoms with van der Waals surface area (Å²) in [5.41, 5.74) is 0.781. The maximum atomic E-state index is 12.1. The third-order valence-corrected chi connectivity index (χ3v) is 6.12. The van der Waals surface area contributed by atoms with Gasteiger partial charge in [0, 0.05) is 46.4 Å². The molecule has 24 heavy (non-hydrogen) atoms. The third-order valence-electron chi connectivity index (χ3n) is 4.38. The van der Waals surface area contributed by atoms with E-state index >= 15 is 0 Å². The zero-order valence-corrected chi connectivity index (χ0v) is 16.4. The second-order valence-corrected chi connectivity index (χ2v) is 9.56. The van der Waals surface area contributed by atoms with Gasteiger partial charge in [0.1, 0.15) is 11.6 Å². The van der Waals surface area contributed by atoms with E-state index in [2.05, 4.69) is 31.1 Å². The number of hydrogen-bond acceptors (Lipinski definition) is 5. The Labute approximate surface area is 148 Å². The summed E-state index contributed by atoms with van der Waals surface area (Å²) in [7, 11) is 0.968. The van der Waals surface area contributed by atoms with Crippen LogP contribution in [0.25, 0.3) is 0 Å². The molecular formula is C18H31N3O2S. The molecule has 0 aliphatic heterocycles. The molecule has 0 amide bonds. The second kappa shape index (κ2) is 8.39. The van der Waals surface area contributed by atoms with Gasteiger partial charge in [0.2, 0.25) is 0 Å². The molecule has 136 valence electrons. The van der Waals surface area contributed by atoms with Crippen molar-refractivity contribution in [2.75, 3.05) is 18.2 Å².